The second-order valence-electron chi connectivity index (χ2n) is 8.81. The number of benzene rings is 1. The van der Waals surface area contributed by atoms with Gasteiger partial charge in [-0.1, -0.05) is 12.2 Å². The third kappa shape index (κ3) is 8.28. The highest BCUT2D eigenvalue weighted by Gasteiger charge is 2.21. The lowest BCUT2D eigenvalue weighted by Gasteiger charge is -2.13. The molecule has 0 bridgehead atoms. The first-order valence-corrected chi connectivity index (χ1v) is 12.9. The molecule has 15 heteroatoms. The number of carbonyl (C=O) groups excluding carboxylic acids is 3. The summed E-state index contributed by atoms with van der Waals surface area (Å²) in [7, 11) is 0. The molecule has 15 nitrogen and oxygen atoms in total. The van der Waals surface area contributed by atoms with Gasteiger partial charge in [-0.2, -0.15) is 5.10 Å². The lowest BCUT2D eigenvalue weighted by molar-refractivity contribution is -0.136. The van der Waals surface area contributed by atoms with E-state index in [9.17, 15) is 19.2 Å². The fourth-order valence-electron chi connectivity index (χ4n) is 3.89. The van der Waals surface area contributed by atoms with Gasteiger partial charge in [0.15, 0.2) is 0 Å². The predicted molar refractivity (Wildman–Crippen MR) is 149 cm³/mol. The standard InChI is InChI=1S/C26H34N8O7/c1-3-34-19(13-16(2)32-34)24(38)31-25-30-18-14-17(23(28)37)15-20(22(18)33(25)10-5-4-8-27)40-11-6-12-41-26(39)29-9-7-21(35)36/h4-5,13-15H,3,6-12,27H2,1-2H3,(H2,28,37)(H,29,39)(H,35,36)(H,30,31,38)/b5-4+. The van der Waals surface area contributed by atoms with Crippen LogP contribution in [0.2, 0.25) is 0 Å². The van der Waals surface area contributed by atoms with Crippen molar-refractivity contribution in [2.24, 2.45) is 11.5 Å². The summed E-state index contributed by atoms with van der Waals surface area (Å²) in [6.07, 6.45) is 2.89. The average Bonchev–Trinajstić information content (AvgIpc) is 3.47. The number of amides is 3. The molecular formula is C26H34N8O7. The average molecular weight is 571 g/mol. The minimum absolute atomic E-state index is 0.00188. The van der Waals surface area contributed by atoms with Crippen molar-refractivity contribution in [1.82, 2.24) is 24.6 Å². The van der Waals surface area contributed by atoms with E-state index in [-0.39, 0.29) is 50.0 Å². The molecule has 2 aromatic heterocycles. The molecule has 7 N–H and O–H groups in total. The number of allylic oxidation sites excluding steroid dienone is 1. The molecule has 3 aromatic rings. The Labute approximate surface area is 235 Å². The Hall–Kier alpha value is -4.92. The number of imidazole rings is 1. The summed E-state index contributed by atoms with van der Waals surface area (Å²) in [6, 6.07) is 4.67. The number of fused-ring (bicyclic) bond motifs is 1. The van der Waals surface area contributed by atoms with Gasteiger partial charge in [0.2, 0.25) is 11.9 Å². The maximum atomic E-state index is 13.2. The van der Waals surface area contributed by atoms with Gasteiger partial charge in [0.1, 0.15) is 17.0 Å². The molecule has 0 atom stereocenters. The number of aromatic nitrogens is 4. The molecule has 3 amide bonds. The number of carboxylic acid groups (broad SMARTS) is 1. The molecule has 0 spiro atoms. The number of hydrogen-bond acceptors (Lipinski definition) is 9. The monoisotopic (exact) mass is 570 g/mol. The molecule has 0 unspecified atom stereocenters. The van der Waals surface area contributed by atoms with Gasteiger partial charge in [-0.05, 0) is 32.0 Å². The largest absolute Gasteiger partial charge is 0.491 e. The Bertz CT molecular complexity index is 1440. The van der Waals surface area contributed by atoms with Crippen LogP contribution >= 0.6 is 0 Å². The number of anilines is 1. The molecule has 0 saturated carbocycles. The SMILES string of the molecule is CCn1nc(C)cc1C(=O)Nc1nc2cc(C(N)=O)cc(OCCCOC(=O)NCCC(=O)O)c2n1C/C=C/CN. The van der Waals surface area contributed by atoms with Crippen LogP contribution in [0.15, 0.2) is 30.4 Å². The molecule has 220 valence electrons. The Balaban J connectivity index is 1.85. The van der Waals surface area contributed by atoms with Gasteiger partial charge in [-0.25, -0.2) is 9.78 Å². The Morgan fingerprint density at radius 3 is 2.61 bits per heavy atom. The summed E-state index contributed by atoms with van der Waals surface area (Å²) in [5.74, 6) is -1.65. The van der Waals surface area contributed by atoms with Crippen molar-refractivity contribution in [3.63, 3.8) is 0 Å². The Kier molecular flexibility index (Phi) is 10.8. The fraction of sp³-hybridized carbons (Fsp3) is 0.385. The number of nitrogens with one attached hydrogen (secondary N) is 2. The van der Waals surface area contributed by atoms with Crippen LogP contribution in [0.4, 0.5) is 10.7 Å². The highest BCUT2D eigenvalue weighted by molar-refractivity contribution is 6.04. The summed E-state index contributed by atoms with van der Waals surface area (Å²) in [4.78, 5) is 52.0. The first-order chi connectivity index (χ1) is 19.6. The van der Waals surface area contributed by atoms with Crippen LogP contribution in [-0.4, -0.2) is 74.6 Å². The van der Waals surface area contributed by atoms with E-state index in [4.69, 9.17) is 26.0 Å². The van der Waals surface area contributed by atoms with Gasteiger partial charge in [-0.15, -0.1) is 0 Å². The van der Waals surface area contributed by atoms with Crippen molar-refractivity contribution >= 4 is 40.9 Å². The number of aliphatic carboxylic acids is 1. The smallest absolute Gasteiger partial charge is 0.407 e. The molecule has 0 aliphatic carbocycles. The topological polar surface area (TPSA) is 219 Å². The van der Waals surface area contributed by atoms with Gasteiger partial charge in [0, 0.05) is 38.2 Å². The van der Waals surface area contributed by atoms with Gasteiger partial charge in [-0.3, -0.25) is 24.4 Å². The molecule has 2 heterocycles. The molecule has 0 saturated heterocycles. The second-order valence-corrected chi connectivity index (χ2v) is 8.81. The zero-order valence-corrected chi connectivity index (χ0v) is 22.9. The van der Waals surface area contributed by atoms with E-state index in [1.807, 2.05) is 6.92 Å². The van der Waals surface area contributed by atoms with Crippen molar-refractivity contribution < 1.29 is 33.8 Å². The lowest BCUT2D eigenvalue weighted by atomic mass is 10.1. The number of nitrogens with zero attached hydrogens (tertiary/aromatic N) is 4. The van der Waals surface area contributed by atoms with Crippen molar-refractivity contribution in [3.8, 4) is 5.75 Å². The fourth-order valence-corrected chi connectivity index (χ4v) is 3.89. The van der Waals surface area contributed by atoms with E-state index in [0.29, 0.717) is 41.9 Å². The molecular weight excluding hydrogens is 536 g/mol. The number of rotatable bonds is 15. The number of nitrogens with two attached hydrogens (primary N) is 2. The van der Waals surface area contributed by atoms with Gasteiger partial charge < -0.3 is 35.9 Å². The van der Waals surface area contributed by atoms with E-state index in [1.54, 1.807) is 34.4 Å². The zero-order valence-electron chi connectivity index (χ0n) is 22.9. The van der Waals surface area contributed by atoms with Crippen molar-refractivity contribution in [3.05, 3.63) is 47.3 Å². The summed E-state index contributed by atoms with van der Waals surface area (Å²) >= 11 is 0. The number of primary amides is 1. The van der Waals surface area contributed by atoms with Gasteiger partial charge >= 0.3 is 12.1 Å². The van der Waals surface area contributed by atoms with Crippen LogP contribution in [0.5, 0.6) is 5.75 Å². The minimum atomic E-state index is -1.04. The molecule has 41 heavy (non-hydrogen) atoms. The van der Waals surface area contributed by atoms with Crippen LogP contribution < -0.4 is 26.8 Å². The number of ether oxygens (including phenoxy) is 2. The summed E-state index contributed by atoms with van der Waals surface area (Å²) in [5.41, 5.74) is 13.2. The third-order valence-electron chi connectivity index (χ3n) is 5.73. The van der Waals surface area contributed by atoms with Gasteiger partial charge in [0.05, 0.1) is 30.8 Å². The van der Waals surface area contributed by atoms with E-state index in [1.165, 1.54) is 12.1 Å². The summed E-state index contributed by atoms with van der Waals surface area (Å²) in [5, 5.41) is 18.1. The van der Waals surface area contributed by atoms with Crippen LogP contribution in [0.25, 0.3) is 11.0 Å². The summed E-state index contributed by atoms with van der Waals surface area (Å²) in [6.45, 7) is 4.81. The maximum absolute atomic E-state index is 13.2. The van der Waals surface area contributed by atoms with E-state index in [2.05, 4.69) is 20.7 Å². The predicted octanol–water partition coefficient (Wildman–Crippen LogP) is 1.40. The lowest BCUT2D eigenvalue weighted by Crippen LogP contribution is -2.27. The third-order valence-corrected chi connectivity index (χ3v) is 5.73. The second kappa shape index (κ2) is 14.5. The van der Waals surface area contributed by atoms with Crippen molar-refractivity contribution in [2.75, 3.05) is 31.6 Å². The molecule has 3 rings (SSSR count). The molecule has 0 fully saturated rings. The van der Waals surface area contributed by atoms with E-state index in [0.717, 1.165) is 0 Å². The number of aryl methyl sites for hydroxylation is 2. The first kappa shape index (κ1) is 30.6. The molecule has 0 aliphatic heterocycles. The molecule has 0 radical (unpaired) electrons. The number of hydrogen-bond donors (Lipinski definition) is 5. The summed E-state index contributed by atoms with van der Waals surface area (Å²) < 4.78 is 14.3. The number of alkyl carbamates (subject to hydrolysis) is 1. The maximum Gasteiger partial charge on any atom is 0.407 e. The van der Waals surface area contributed by atoms with Crippen LogP contribution in [0, 0.1) is 6.92 Å². The zero-order chi connectivity index (χ0) is 29.9. The van der Waals surface area contributed by atoms with Crippen LogP contribution in [0.1, 0.15) is 46.3 Å². The van der Waals surface area contributed by atoms with Crippen LogP contribution in [0.3, 0.4) is 0 Å². The molecule has 0 aliphatic rings. The van der Waals surface area contributed by atoms with Crippen LogP contribution in [-0.2, 0) is 22.6 Å². The quantitative estimate of drug-likeness (QED) is 0.131. The first-order valence-electron chi connectivity index (χ1n) is 12.9. The number of carboxylic acids is 1. The van der Waals surface area contributed by atoms with Crippen molar-refractivity contribution in [1.29, 1.82) is 0 Å². The minimum Gasteiger partial charge on any atom is -0.491 e. The normalized spacial score (nSPS) is 11.1. The Morgan fingerprint density at radius 1 is 1.15 bits per heavy atom. The van der Waals surface area contributed by atoms with Crippen molar-refractivity contribution in [2.45, 2.75) is 39.8 Å². The van der Waals surface area contributed by atoms with E-state index < -0.39 is 23.9 Å². The number of carbonyl (C=O) groups is 4. The highest BCUT2D eigenvalue weighted by atomic mass is 16.5. The van der Waals surface area contributed by atoms with E-state index >= 15 is 0 Å². The molecule has 1 aromatic carbocycles. The highest BCUT2D eigenvalue weighted by Crippen LogP contribution is 2.31. The Morgan fingerprint density at radius 2 is 1.93 bits per heavy atom. The van der Waals surface area contributed by atoms with Gasteiger partial charge in [0.25, 0.3) is 5.91 Å².